The molecule has 1 aromatic carbocycles. The van der Waals surface area contributed by atoms with Crippen LogP contribution in [-0.2, 0) is 10.5 Å². The van der Waals surface area contributed by atoms with Crippen LogP contribution in [0.2, 0.25) is 0 Å². The molecule has 3 aromatic heterocycles. The summed E-state index contributed by atoms with van der Waals surface area (Å²) >= 11 is 3.73. The van der Waals surface area contributed by atoms with Crippen LogP contribution in [0.4, 0.5) is 9.52 Å². The molecule has 1 aliphatic rings. The lowest BCUT2D eigenvalue weighted by Crippen LogP contribution is -2.30. The van der Waals surface area contributed by atoms with Crippen LogP contribution in [0.1, 0.15) is 37.7 Å². The normalized spacial score (nSPS) is 15.9. The number of thiazole rings is 1. The molecule has 0 spiro atoms. The molecule has 5 rings (SSSR count). The predicted molar refractivity (Wildman–Crippen MR) is 130 cm³/mol. The Morgan fingerprint density at radius 3 is 2.63 bits per heavy atom. The number of rotatable bonds is 7. The van der Waals surface area contributed by atoms with E-state index in [1.54, 1.807) is 38.1 Å². The summed E-state index contributed by atoms with van der Waals surface area (Å²) in [5.41, 5.74) is 1.34. The number of amides is 1. The molecule has 1 aliphatic heterocycles. The Morgan fingerprint density at radius 2 is 1.97 bits per heavy atom. The Labute approximate surface area is 211 Å². The van der Waals surface area contributed by atoms with Crippen LogP contribution in [0, 0.1) is 19.7 Å². The maximum absolute atomic E-state index is 13.5. The van der Waals surface area contributed by atoms with E-state index in [4.69, 9.17) is 4.42 Å². The zero-order chi connectivity index (χ0) is 24.7. The summed E-state index contributed by atoms with van der Waals surface area (Å²) in [6.07, 6.45) is 1.43. The number of carbonyl (C=O) groups excluding carboxylic acids is 2. The van der Waals surface area contributed by atoms with Crippen LogP contribution in [0.5, 0.6) is 0 Å². The molecule has 178 valence electrons. The quantitative estimate of drug-likeness (QED) is 0.192. The van der Waals surface area contributed by atoms with E-state index < -0.39 is 23.5 Å². The number of nitrogens with zero attached hydrogens (tertiary/aromatic N) is 4. The lowest BCUT2D eigenvalue weighted by Gasteiger charge is -2.21. The Bertz CT molecular complexity index is 1440. The SMILES string of the molecule is Cc1nc(C)c(C(=O)C2=C(O)C(=O)N(c3nnc(SCc4ccc(F)cc4)s3)C2c2ccco2)s1. The van der Waals surface area contributed by atoms with Gasteiger partial charge in [-0.25, -0.2) is 9.37 Å². The molecule has 0 bridgehead atoms. The Hall–Kier alpha value is -3.35. The van der Waals surface area contributed by atoms with E-state index in [0.717, 1.165) is 16.9 Å². The molecule has 12 heteroatoms. The number of aryl methyl sites for hydroxylation is 2. The maximum Gasteiger partial charge on any atom is 0.296 e. The molecule has 4 heterocycles. The molecular weight excluding hydrogens is 511 g/mol. The van der Waals surface area contributed by atoms with Gasteiger partial charge in [-0.2, -0.15) is 0 Å². The van der Waals surface area contributed by atoms with Crippen LogP contribution in [0.25, 0.3) is 0 Å². The molecule has 0 fully saturated rings. The Morgan fingerprint density at radius 1 is 1.20 bits per heavy atom. The van der Waals surface area contributed by atoms with Crippen molar-refractivity contribution in [2.75, 3.05) is 4.90 Å². The summed E-state index contributed by atoms with van der Waals surface area (Å²) in [5, 5.41) is 20.0. The summed E-state index contributed by atoms with van der Waals surface area (Å²) in [7, 11) is 0. The highest BCUT2D eigenvalue weighted by atomic mass is 32.2. The van der Waals surface area contributed by atoms with E-state index in [0.29, 0.717) is 31.4 Å². The number of hydrogen-bond acceptors (Lipinski definition) is 10. The van der Waals surface area contributed by atoms with Crippen molar-refractivity contribution in [1.82, 2.24) is 15.2 Å². The van der Waals surface area contributed by atoms with Crippen molar-refractivity contribution in [3.63, 3.8) is 0 Å². The van der Waals surface area contributed by atoms with Crippen molar-refractivity contribution < 1.29 is 23.5 Å². The zero-order valence-electron chi connectivity index (χ0n) is 18.4. The Balaban J connectivity index is 1.46. The maximum atomic E-state index is 13.5. The van der Waals surface area contributed by atoms with Crippen LogP contribution in [0.3, 0.4) is 0 Å². The fourth-order valence-corrected chi connectivity index (χ4v) is 6.40. The first kappa shape index (κ1) is 23.4. The number of aliphatic hydroxyl groups is 1. The second-order valence-corrected chi connectivity index (χ2v) is 11.0. The third kappa shape index (κ3) is 4.40. The van der Waals surface area contributed by atoms with Gasteiger partial charge in [0.15, 0.2) is 10.1 Å². The topological polar surface area (TPSA) is 109 Å². The summed E-state index contributed by atoms with van der Waals surface area (Å²) in [4.78, 5) is 32.5. The molecule has 0 saturated heterocycles. The molecule has 1 amide bonds. The van der Waals surface area contributed by atoms with Crippen molar-refractivity contribution in [3.8, 4) is 0 Å². The molecule has 0 radical (unpaired) electrons. The van der Waals surface area contributed by atoms with Gasteiger partial charge in [-0.05, 0) is 43.7 Å². The highest BCUT2D eigenvalue weighted by Gasteiger charge is 2.48. The number of anilines is 1. The molecular formula is C23H17FN4O4S3. The number of aromatic nitrogens is 3. The van der Waals surface area contributed by atoms with Gasteiger partial charge in [-0.15, -0.1) is 21.5 Å². The lowest BCUT2D eigenvalue weighted by molar-refractivity contribution is -0.117. The monoisotopic (exact) mass is 528 g/mol. The van der Waals surface area contributed by atoms with E-state index in [9.17, 15) is 19.1 Å². The van der Waals surface area contributed by atoms with Gasteiger partial charge in [0.25, 0.3) is 5.91 Å². The van der Waals surface area contributed by atoms with E-state index in [2.05, 4.69) is 15.2 Å². The average molecular weight is 529 g/mol. The zero-order valence-corrected chi connectivity index (χ0v) is 20.8. The van der Waals surface area contributed by atoms with Crippen LogP contribution in [-0.4, -0.2) is 32.0 Å². The molecule has 1 N–H and O–H groups in total. The molecule has 8 nitrogen and oxygen atoms in total. The second-order valence-electron chi connectivity index (χ2n) is 7.60. The number of benzene rings is 1. The van der Waals surface area contributed by atoms with Gasteiger partial charge in [0.2, 0.25) is 10.9 Å². The van der Waals surface area contributed by atoms with Gasteiger partial charge in [-0.3, -0.25) is 14.5 Å². The average Bonchev–Trinajstić information content (AvgIpc) is 3.62. The Kier molecular flexibility index (Phi) is 6.26. The summed E-state index contributed by atoms with van der Waals surface area (Å²) in [5.74, 6) is -1.38. The van der Waals surface area contributed by atoms with Gasteiger partial charge in [0.1, 0.15) is 17.6 Å². The third-order valence-electron chi connectivity index (χ3n) is 5.25. The van der Waals surface area contributed by atoms with Crippen molar-refractivity contribution >= 4 is 51.3 Å². The van der Waals surface area contributed by atoms with Crippen molar-refractivity contribution in [1.29, 1.82) is 0 Å². The highest BCUT2D eigenvalue weighted by Crippen LogP contribution is 2.44. The third-order valence-corrected chi connectivity index (χ3v) is 8.45. The first-order valence-corrected chi connectivity index (χ1v) is 12.9. The molecule has 35 heavy (non-hydrogen) atoms. The fourth-order valence-electron chi connectivity index (χ4n) is 3.70. The number of furan rings is 1. The van der Waals surface area contributed by atoms with Crippen molar-refractivity contribution in [2.45, 2.75) is 30.0 Å². The minimum atomic E-state index is -1.00. The predicted octanol–water partition coefficient (Wildman–Crippen LogP) is 5.42. The van der Waals surface area contributed by atoms with Gasteiger partial charge >= 0.3 is 0 Å². The van der Waals surface area contributed by atoms with Crippen molar-refractivity contribution in [2.24, 2.45) is 0 Å². The molecule has 0 aliphatic carbocycles. The lowest BCUT2D eigenvalue weighted by atomic mass is 10.00. The molecule has 1 atom stereocenters. The van der Waals surface area contributed by atoms with E-state index in [1.165, 1.54) is 46.4 Å². The first-order valence-electron chi connectivity index (χ1n) is 10.3. The fraction of sp³-hybridized carbons (Fsp3) is 0.174. The van der Waals surface area contributed by atoms with Crippen LogP contribution >= 0.6 is 34.4 Å². The first-order chi connectivity index (χ1) is 16.8. The minimum absolute atomic E-state index is 0.0904. The van der Waals surface area contributed by atoms with Crippen molar-refractivity contribution in [3.05, 3.63) is 86.7 Å². The molecule has 1 unspecified atom stereocenters. The van der Waals surface area contributed by atoms with Gasteiger partial charge in [0, 0.05) is 5.75 Å². The largest absolute Gasteiger partial charge is 0.503 e. The van der Waals surface area contributed by atoms with Gasteiger partial charge in [0.05, 0.1) is 27.4 Å². The van der Waals surface area contributed by atoms with Crippen LogP contribution in [0.15, 0.2) is 62.8 Å². The highest BCUT2D eigenvalue weighted by molar-refractivity contribution is 8.00. The number of hydrogen-bond donors (Lipinski definition) is 1. The van der Waals surface area contributed by atoms with Gasteiger partial charge < -0.3 is 9.52 Å². The second kappa shape index (κ2) is 9.36. The number of ketones is 1. The number of halogens is 1. The molecule has 0 saturated carbocycles. The smallest absolute Gasteiger partial charge is 0.296 e. The minimum Gasteiger partial charge on any atom is -0.503 e. The standard InChI is InChI=1S/C23H17FN4O4S3/c1-11-20(34-12(2)25-11)18(29)16-17(15-4-3-9-32-15)28(21(31)19(16)30)22-26-27-23(35-22)33-10-13-5-7-14(24)8-6-13/h3-9,17,30H,10H2,1-2H3. The van der Waals surface area contributed by atoms with E-state index >= 15 is 0 Å². The summed E-state index contributed by atoms with van der Waals surface area (Å²) in [6.45, 7) is 3.49. The summed E-state index contributed by atoms with van der Waals surface area (Å²) < 4.78 is 19.3. The number of Topliss-reactive ketones (excluding diaryl/α,β-unsaturated/α-hetero) is 1. The number of carbonyl (C=O) groups is 2. The summed E-state index contributed by atoms with van der Waals surface area (Å²) in [6, 6.07) is 8.41. The van der Waals surface area contributed by atoms with E-state index in [1.807, 2.05) is 0 Å². The van der Waals surface area contributed by atoms with Gasteiger partial charge in [-0.1, -0.05) is 35.2 Å². The van der Waals surface area contributed by atoms with Crippen LogP contribution < -0.4 is 4.90 Å². The number of aliphatic hydroxyl groups excluding tert-OH is 1. The number of thioether (sulfide) groups is 1. The van der Waals surface area contributed by atoms with E-state index in [-0.39, 0.29) is 16.5 Å². The molecule has 4 aromatic rings.